The molecule has 0 fully saturated rings. The van der Waals surface area contributed by atoms with Gasteiger partial charge in [0.05, 0.1) is 32.0 Å². The molecular weight excluding hydrogens is 376 g/mol. The number of fused-ring (bicyclic) bond motifs is 4. The highest BCUT2D eigenvalue weighted by molar-refractivity contribution is 7.21. The summed E-state index contributed by atoms with van der Waals surface area (Å²) in [5.74, 6) is 0. The van der Waals surface area contributed by atoms with Crippen LogP contribution in [0.3, 0.4) is 0 Å². The van der Waals surface area contributed by atoms with E-state index >= 15 is 0 Å². The van der Waals surface area contributed by atoms with E-state index in [2.05, 4.69) is 60.1 Å². The van der Waals surface area contributed by atoms with Crippen LogP contribution in [0.5, 0.6) is 0 Å². The van der Waals surface area contributed by atoms with Crippen LogP contribution >= 0.6 is 11.3 Å². The highest BCUT2D eigenvalue weighted by Gasteiger charge is 2.14. The largest absolute Gasteiger partial charge is 1.00 e. The predicted octanol–water partition coefficient (Wildman–Crippen LogP) is 1.12. The van der Waals surface area contributed by atoms with Crippen molar-refractivity contribution in [3.05, 3.63) is 47.4 Å². The molecule has 1 N–H and O–H groups in total. The Balaban J connectivity index is 0.00000210. The van der Waals surface area contributed by atoms with Gasteiger partial charge in [0.25, 0.3) is 0 Å². The third kappa shape index (κ3) is 3.37. The summed E-state index contributed by atoms with van der Waals surface area (Å²) in [5, 5.41) is 5.65. The summed E-state index contributed by atoms with van der Waals surface area (Å²) in [5.41, 5.74) is 5.12. The molecule has 2 aromatic rings. The first-order valence-electron chi connectivity index (χ1n) is 9.05. The van der Waals surface area contributed by atoms with Crippen molar-refractivity contribution in [2.45, 2.75) is 20.8 Å². The number of aryl methyl sites for hydroxylation is 1. The lowest BCUT2D eigenvalue weighted by molar-refractivity contribution is -0.00000540. The fourth-order valence-corrected chi connectivity index (χ4v) is 4.50. The maximum absolute atomic E-state index is 4.99. The molecule has 0 radical (unpaired) electrons. The first-order chi connectivity index (χ1) is 12.6. The lowest BCUT2D eigenvalue weighted by atomic mass is 10.1. The number of aromatic nitrogens is 2. The Labute approximate surface area is 169 Å². The molecule has 0 saturated heterocycles. The molecule has 0 spiro atoms. The Hall–Kier alpha value is -2.24. The minimum absolute atomic E-state index is 0. The van der Waals surface area contributed by atoms with Crippen molar-refractivity contribution < 1.29 is 12.4 Å². The number of benzene rings is 2. The number of hydrogen-bond acceptors (Lipinski definition) is 4. The minimum Gasteiger partial charge on any atom is -1.00 e. The predicted molar refractivity (Wildman–Crippen MR) is 112 cm³/mol. The molecule has 4 nitrogen and oxygen atoms in total. The van der Waals surface area contributed by atoms with Crippen molar-refractivity contribution in [3.63, 3.8) is 0 Å². The van der Waals surface area contributed by atoms with E-state index in [0.717, 1.165) is 46.6 Å². The van der Waals surface area contributed by atoms with E-state index in [9.17, 15) is 0 Å². The summed E-state index contributed by atoms with van der Waals surface area (Å²) in [6.45, 7) is 8.42. The quantitative estimate of drug-likeness (QED) is 0.319. The third-order valence-electron chi connectivity index (χ3n) is 4.85. The van der Waals surface area contributed by atoms with Gasteiger partial charge in [-0.15, -0.1) is 11.3 Å². The Morgan fingerprint density at radius 3 is 2.48 bits per heavy atom. The van der Waals surface area contributed by atoms with E-state index < -0.39 is 0 Å². The molecule has 1 aromatic heterocycles. The SMILES string of the molecule is CC[N+](CC)=c1ccc2nc3c(cc(NC)c4nc(C)ccc43)sc-2c1.[Cl-]. The van der Waals surface area contributed by atoms with E-state index in [1.54, 1.807) is 11.3 Å². The first kappa shape index (κ1) is 19.5. The van der Waals surface area contributed by atoms with Gasteiger partial charge in [-0.2, -0.15) is 0 Å². The molecule has 1 aliphatic carbocycles. The van der Waals surface area contributed by atoms with Gasteiger partial charge in [-0.3, -0.25) is 4.98 Å². The average Bonchev–Trinajstić information content (AvgIpc) is 2.66. The first-order valence-corrected chi connectivity index (χ1v) is 9.87. The van der Waals surface area contributed by atoms with Crippen molar-refractivity contribution in [3.8, 4) is 10.6 Å². The zero-order chi connectivity index (χ0) is 18.3. The number of hydrogen-bond donors (Lipinski definition) is 1. The number of nitrogens with zero attached hydrogens (tertiary/aromatic N) is 3. The normalized spacial score (nSPS) is 11.0. The van der Waals surface area contributed by atoms with E-state index in [1.807, 2.05) is 14.0 Å². The van der Waals surface area contributed by atoms with Crippen LogP contribution in [0.15, 0.2) is 36.4 Å². The Kier molecular flexibility index (Phi) is 5.63. The van der Waals surface area contributed by atoms with Crippen LogP contribution in [-0.4, -0.2) is 30.1 Å². The molecule has 0 bridgehead atoms. The summed E-state index contributed by atoms with van der Waals surface area (Å²) in [4.78, 5) is 10.9. The number of rotatable bonds is 3. The van der Waals surface area contributed by atoms with E-state index in [4.69, 9.17) is 9.97 Å². The number of pyridine rings is 1. The van der Waals surface area contributed by atoms with Crippen LogP contribution in [-0.2, 0) is 0 Å². The number of anilines is 1. The average molecular weight is 399 g/mol. The molecule has 1 aromatic carbocycles. The molecular formula is C21H23ClN4S. The highest BCUT2D eigenvalue weighted by Crippen LogP contribution is 2.36. The summed E-state index contributed by atoms with van der Waals surface area (Å²) in [6, 6.07) is 12.9. The summed E-state index contributed by atoms with van der Waals surface area (Å²) in [6.07, 6.45) is 0. The molecule has 0 amide bonds. The van der Waals surface area contributed by atoms with Crippen LogP contribution in [0.2, 0.25) is 0 Å². The van der Waals surface area contributed by atoms with Crippen molar-refractivity contribution in [1.29, 1.82) is 0 Å². The highest BCUT2D eigenvalue weighted by atomic mass is 35.5. The van der Waals surface area contributed by atoms with Crippen LogP contribution < -0.4 is 27.7 Å². The Morgan fingerprint density at radius 2 is 1.78 bits per heavy atom. The van der Waals surface area contributed by atoms with Gasteiger partial charge in [0, 0.05) is 30.3 Å². The second-order valence-electron chi connectivity index (χ2n) is 6.41. The van der Waals surface area contributed by atoms with Gasteiger partial charge in [0.1, 0.15) is 13.1 Å². The van der Waals surface area contributed by atoms with Crippen molar-refractivity contribution >= 4 is 38.1 Å². The maximum atomic E-state index is 4.99. The van der Waals surface area contributed by atoms with Crippen LogP contribution in [0, 0.1) is 6.92 Å². The van der Waals surface area contributed by atoms with Crippen molar-refractivity contribution in [1.82, 2.24) is 14.5 Å². The number of halogens is 1. The summed E-state index contributed by atoms with van der Waals surface area (Å²) >= 11 is 1.80. The Bertz CT molecular complexity index is 1160. The van der Waals surface area contributed by atoms with Crippen LogP contribution in [0.25, 0.3) is 31.7 Å². The van der Waals surface area contributed by atoms with Crippen LogP contribution in [0.4, 0.5) is 5.69 Å². The minimum atomic E-state index is 0. The molecule has 2 aliphatic rings. The van der Waals surface area contributed by atoms with Crippen molar-refractivity contribution in [2.75, 3.05) is 25.5 Å². The lowest BCUT2D eigenvalue weighted by Gasteiger charge is -2.12. The van der Waals surface area contributed by atoms with Gasteiger partial charge in [0.2, 0.25) is 5.36 Å². The second kappa shape index (κ2) is 7.79. The summed E-state index contributed by atoms with van der Waals surface area (Å²) < 4.78 is 3.54. The monoisotopic (exact) mass is 398 g/mol. The number of nitrogens with one attached hydrogen (secondary N) is 1. The lowest BCUT2D eigenvalue weighted by Crippen LogP contribution is -3.00. The van der Waals surface area contributed by atoms with Gasteiger partial charge >= 0.3 is 0 Å². The van der Waals surface area contributed by atoms with Crippen LogP contribution in [0.1, 0.15) is 19.5 Å². The molecule has 6 heteroatoms. The van der Waals surface area contributed by atoms with Gasteiger partial charge < -0.3 is 17.7 Å². The molecule has 1 aliphatic heterocycles. The standard InChI is InChI=1S/C21H22N4S.ClH/c1-5-25(6-2)14-8-10-16-18(11-14)26-19-12-17(22-4)20-15(21(19)24-16)9-7-13(3)23-20;/h7-12H,5-6H2,1-4H3;1H. The van der Waals surface area contributed by atoms with E-state index in [0.29, 0.717) is 0 Å². The van der Waals surface area contributed by atoms with Gasteiger partial charge in [-0.1, -0.05) is 0 Å². The van der Waals surface area contributed by atoms with E-state index in [-0.39, 0.29) is 12.4 Å². The fraction of sp³-hybridized carbons (Fsp3) is 0.286. The van der Waals surface area contributed by atoms with E-state index in [1.165, 1.54) is 14.9 Å². The topological polar surface area (TPSA) is 40.8 Å². The molecule has 140 valence electrons. The Morgan fingerprint density at radius 1 is 1.00 bits per heavy atom. The second-order valence-corrected chi connectivity index (χ2v) is 7.49. The van der Waals surface area contributed by atoms with Crippen molar-refractivity contribution in [2.24, 2.45) is 0 Å². The molecule has 2 heterocycles. The van der Waals surface area contributed by atoms with Gasteiger partial charge in [0.15, 0.2) is 0 Å². The zero-order valence-electron chi connectivity index (χ0n) is 16.0. The third-order valence-corrected chi connectivity index (χ3v) is 5.93. The summed E-state index contributed by atoms with van der Waals surface area (Å²) in [7, 11) is 1.95. The van der Waals surface area contributed by atoms with Gasteiger partial charge in [-0.25, -0.2) is 9.56 Å². The molecule has 0 atom stereocenters. The molecule has 27 heavy (non-hydrogen) atoms. The smallest absolute Gasteiger partial charge is 0.201 e. The maximum Gasteiger partial charge on any atom is 0.201 e. The van der Waals surface area contributed by atoms with Gasteiger partial charge in [-0.05, 0) is 45.0 Å². The fourth-order valence-electron chi connectivity index (χ4n) is 3.44. The molecule has 0 saturated carbocycles. The zero-order valence-corrected chi connectivity index (χ0v) is 17.6. The molecule has 4 rings (SSSR count). The molecule has 0 unspecified atom stereocenters.